The topological polar surface area (TPSA) is 69.7 Å². The third-order valence-corrected chi connectivity index (χ3v) is 7.94. The smallest absolute Gasteiger partial charge is 0.240 e. The monoisotopic (exact) mass is 485 g/mol. The van der Waals surface area contributed by atoms with Crippen LogP contribution in [0.4, 0.5) is 0 Å². The molecule has 0 unspecified atom stereocenters. The molecule has 6 nitrogen and oxygen atoms in total. The molecule has 3 rings (SSSR count). The zero-order valence-corrected chi connectivity index (χ0v) is 19.4. The first-order valence-corrected chi connectivity index (χ1v) is 13.0. The first kappa shape index (κ1) is 22.7. The summed E-state index contributed by atoms with van der Waals surface area (Å²) in [6.07, 6.45) is 7.64. The quantitative estimate of drug-likeness (QED) is 0.643. The lowest BCUT2D eigenvalue weighted by molar-refractivity contribution is -0.132. The van der Waals surface area contributed by atoms with Gasteiger partial charge in [-0.15, -0.1) is 0 Å². The second-order valence-electron chi connectivity index (χ2n) is 8.14. The van der Waals surface area contributed by atoms with Crippen molar-refractivity contribution in [2.75, 3.05) is 39.3 Å². The number of hydrogen-bond acceptors (Lipinski definition) is 4. The van der Waals surface area contributed by atoms with Crippen molar-refractivity contribution in [2.24, 2.45) is 5.92 Å². The summed E-state index contributed by atoms with van der Waals surface area (Å²) < 4.78 is 28.0. The van der Waals surface area contributed by atoms with E-state index in [4.69, 9.17) is 0 Å². The number of nitrogens with zero attached hydrogens (tertiary/aromatic N) is 2. The fourth-order valence-corrected chi connectivity index (χ4v) is 5.49. The summed E-state index contributed by atoms with van der Waals surface area (Å²) in [5, 5.41) is 0. The summed E-state index contributed by atoms with van der Waals surface area (Å²) in [7, 11) is -3.58. The molecule has 8 heteroatoms. The van der Waals surface area contributed by atoms with E-state index in [0.29, 0.717) is 5.92 Å². The van der Waals surface area contributed by atoms with Crippen molar-refractivity contribution in [3.8, 4) is 0 Å². The van der Waals surface area contributed by atoms with Gasteiger partial charge >= 0.3 is 0 Å². The Hall–Kier alpha value is -0.960. The van der Waals surface area contributed by atoms with Gasteiger partial charge in [-0.05, 0) is 69.0 Å². The van der Waals surface area contributed by atoms with Crippen LogP contribution in [0.25, 0.3) is 0 Å². The van der Waals surface area contributed by atoms with E-state index in [1.54, 1.807) is 24.3 Å². The summed E-state index contributed by atoms with van der Waals surface area (Å²) in [6, 6.07) is 6.47. The third-order valence-electron chi connectivity index (χ3n) is 5.94. The molecule has 162 valence electrons. The Morgan fingerprint density at radius 3 is 2.24 bits per heavy atom. The molecule has 1 amide bonds. The Bertz CT molecular complexity index is 754. The maximum Gasteiger partial charge on any atom is 0.240 e. The molecule has 0 bridgehead atoms. The van der Waals surface area contributed by atoms with Gasteiger partial charge in [0.1, 0.15) is 0 Å². The Kier molecular flexibility index (Phi) is 8.53. The lowest BCUT2D eigenvalue weighted by Gasteiger charge is -2.34. The summed E-state index contributed by atoms with van der Waals surface area (Å²) in [4.78, 5) is 17.2. The van der Waals surface area contributed by atoms with Crippen LogP contribution in [0.3, 0.4) is 0 Å². The minimum absolute atomic E-state index is 0.0386. The average Bonchev–Trinajstić information content (AvgIpc) is 2.97. The van der Waals surface area contributed by atoms with Crippen LogP contribution in [0.2, 0.25) is 0 Å². The van der Waals surface area contributed by atoms with E-state index in [-0.39, 0.29) is 23.8 Å². The Balaban J connectivity index is 1.37. The number of benzene rings is 1. The molecule has 2 heterocycles. The van der Waals surface area contributed by atoms with Gasteiger partial charge in [0.2, 0.25) is 15.9 Å². The van der Waals surface area contributed by atoms with Gasteiger partial charge in [0, 0.05) is 37.1 Å². The maximum absolute atomic E-state index is 12.5. The van der Waals surface area contributed by atoms with Gasteiger partial charge < -0.3 is 9.80 Å². The predicted molar refractivity (Wildman–Crippen MR) is 118 cm³/mol. The van der Waals surface area contributed by atoms with Crippen molar-refractivity contribution < 1.29 is 13.2 Å². The first-order valence-electron chi connectivity index (χ1n) is 10.7. The highest BCUT2D eigenvalue weighted by Gasteiger charge is 2.25. The molecule has 0 radical (unpaired) electrons. The minimum atomic E-state index is -3.58. The normalized spacial score (nSPS) is 19.8. The molecular formula is C21H32BrN3O3S. The van der Waals surface area contributed by atoms with Crippen molar-refractivity contribution in [1.29, 1.82) is 0 Å². The van der Waals surface area contributed by atoms with Gasteiger partial charge in [0.15, 0.2) is 0 Å². The molecule has 0 aromatic heterocycles. The standard InChI is InChI=1S/C21H32BrN3O3S/c22-19-5-7-20(8-6-19)29(27,28)23-12-9-21(26)25-15-10-18(11-16-25)17-24-13-3-1-2-4-14-24/h5-8,18,23H,1-4,9-17H2. The number of nitrogens with one attached hydrogen (secondary N) is 1. The van der Waals surface area contributed by atoms with Gasteiger partial charge in [-0.1, -0.05) is 28.8 Å². The third kappa shape index (κ3) is 7.05. The summed E-state index contributed by atoms with van der Waals surface area (Å²) in [5.41, 5.74) is 0. The number of sulfonamides is 1. The highest BCUT2D eigenvalue weighted by Crippen LogP contribution is 2.21. The second kappa shape index (κ2) is 10.9. The number of rotatable bonds is 7. The SMILES string of the molecule is O=C(CCNS(=O)(=O)c1ccc(Br)cc1)N1CCC(CN2CCCCCC2)CC1. The van der Waals surface area contributed by atoms with Gasteiger partial charge in [-0.3, -0.25) is 4.79 Å². The fourth-order valence-electron chi connectivity index (χ4n) is 4.20. The van der Waals surface area contributed by atoms with Crippen LogP contribution in [0.1, 0.15) is 44.9 Å². The molecule has 0 atom stereocenters. The molecule has 1 N–H and O–H groups in total. The number of hydrogen-bond donors (Lipinski definition) is 1. The zero-order chi connectivity index (χ0) is 20.7. The molecule has 0 aliphatic carbocycles. The number of carbonyl (C=O) groups excluding carboxylic acids is 1. The Morgan fingerprint density at radius 1 is 1.00 bits per heavy atom. The van der Waals surface area contributed by atoms with Crippen molar-refractivity contribution in [3.63, 3.8) is 0 Å². The van der Waals surface area contributed by atoms with E-state index < -0.39 is 10.0 Å². The summed E-state index contributed by atoms with van der Waals surface area (Å²) >= 11 is 3.30. The molecule has 2 saturated heterocycles. The zero-order valence-electron chi connectivity index (χ0n) is 17.0. The lowest BCUT2D eigenvalue weighted by Crippen LogP contribution is -2.42. The Labute approximate surface area is 183 Å². The lowest BCUT2D eigenvalue weighted by atomic mass is 9.96. The molecule has 2 aliphatic heterocycles. The van der Waals surface area contributed by atoms with E-state index in [1.165, 1.54) is 38.8 Å². The number of halogens is 1. The first-order chi connectivity index (χ1) is 13.9. The van der Waals surface area contributed by atoms with Crippen molar-refractivity contribution in [3.05, 3.63) is 28.7 Å². The Morgan fingerprint density at radius 2 is 1.62 bits per heavy atom. The van der Waals surface area contributed by atoms with E-state index >= 15 is 0 Å². The number of amides is 1. The highest BCUT2D eigenvalue weighted by molar-refractivity contribution is 9.10. The van der Waals surface area contributed by atoms with Gasteiger partial charge in [-0.2, -0.15) is 0 Å². The minimum Gasteiger partial charge on any atom is -0.343 e. The van der Waals surface area contributed by atoms with Crippen LogP contribution in [-0.2, 0) is 14.8 Å². The number of piperidine rings is 1. The maximum atomic E-state index is 12.5. The molecule has 2 aliphatic rings. The van der Waals surface area contributed by atoms with Crippen molar-refractivity contribution >= 4 is 31.9 Å². The highest BCUT2D eigenvalue weighted by atomic mass is 79.9. The van der Waals surface area contributed by atoms with E-state index in [2.05, 4.69) is 25.6 Å². The summed E-state index contributed by atoms with van der Waals surface area (Å²) in [5.74, 6) is 0.713. The van der Waals surface area contributed by atoms with Gasteiger partial charge in [-0.25, -0.2) is 13.1 Å². The average molecular weight is 486 g/mol. The van der Waals surface area contributed by atoms with Gasteiger partial charge in [0.25, 0.3) is 0 Å². The van der Waals surface area contributed by atoms with Crippen LogP contribution in [-0.4, -0.2) is 63.4 Å². The van der Waals surface area contributed by atoms with Crippen LogP contribution >= 0.6 is 15.9 Å². The number of carbonyl (C=O) groups is 1. The number of likely N-dealkylation sites (tertiary alicyclic amines) is 2. The summed E-state index contributed by atoms with van der Waals surface area (Å²) in [6.45, 7) is 5.31. The predicted octanol–water partition coefficient (Wildman–Crippen LogP) is 3.23. The molecular weight excluding hydrogens is 454 g/mol. The molecule has 0 spiro atoms. The molecule has 1 aromatic carbocycles. The second-order valence-corrected chi connectivity index (χ2v) is 10.8. The molecule has 0 saturated carbocycles. The van der Waals surface area contributed by atoms with Gasteiger partial charge in [0.05, 0.1) is 4.90 Å². The molecule has 29 heavy (non-hydrogen) atoms. The van der Waals surface area contributed by atoms with Crippen LogP contribution in [0.5, 0.6) is 0 Å². The molecule has 2 fully saturated rings. The van der Waals surface area contributed by atoms with E-state index in [9.17, 15) is 13.2 Å². The van der Waals surface area contributed by atoms with Crippen LogP contribution < -0.4 is 4.72 Å². The largest absolute Gasteiger partial charge is 0.343 e. The van der Waals surface area contributed by atoms with E-state index in [0.717, 1.165) is 36.9 Å². The molecule has 1 aromatic rings. The van der Waals surface area contributed by atoms with Crippen LogP contribution in [0, 0.1) is 5.92 Å². The van der Waals surface area contributed by atoms with Crippen molar-refractivity contribution in [1.82, 2.24) is 14.5 Å². The van der Waals surface area contributed by atoms with E-state index in [1.807, 2.05) is 4.90 Å². The van der Waals surface area contributed by atoms with Crippen LogP contribution in [0.15, 0.2) is 33.6 Å². The fraction of sp³-hybridized carbons (Fsp3) is 0.667. The van der Waals surface area contributed by atoms with Crippen molar-refractivity contribution in [2.45, 2.75) is 49.8 Å².